The summed E-state index contributed by atoms with van der Waals surface area (Å²) in [5.74, 6) is 0. The minimum absolute atomic E-state index is 0.0550. The molecule has 1 heterocycles. The number of nitrogens with one attached hydrogen (secondary N) is 1. The first-order chi connectivity index (χ1) is 8.50. The average molecular weight is 285 g/mol. The third kappa shape index (κ3) is 2.52. The fourth-order valence-electron chi connectivity index (χ4n) is 1.37. The molecular formula is C10H9ClN4O2S. The molecule has 0 saturated carbocycles. The second-order valence-electron chi connectivity index (χ2n) is 3.39. The summed E-state index contributed by atoms with van der Waals surface area (Å²) in [4.78, 5) is 7.25. The van der Waals surface area contributed by atoms with Crippen molar-refractivity contribution in [3.05, 3.63) is 41.9 Å². The standard InChI is InChI=1S/C10H9ClN4O2S/c11-8-2-1-3-9(12)10(8)18(16,17)15-7-4-13-6-14-5-7/h1-6,15H,12H2. The van der Waals surface area contributed by atoms with Crippen LogP contribution in [0.1, 0.15) is 0 Å². The van der Waals surface area contributed by atoms with Gasteiger partial charge in [0.1, 0.15) is 11.2 Å². The molecule has 94 valence electrons. The smallest absolute Gasteiger partial charge is 0.265 e. The number of nitrogen functional groups attached to an aromatic ring is 1. The lowest BCUT2D eigenvalue weighted by molar-refractivity contribution is 0.601. The molecule has 18 heavy (non-hydrogen) atoms. The summed E-state index contributed by atoms with van der Waals surface area (Å²) in [6.45, 7) is 0. The molecule has 0 aliphatic carbocycles. The van der Waals surface area contributed by atoms with Gasteiger partial charge in [-0.25, -0.2) is 18.4 Å². The van der Waals surface area contributed by atoms with E-state index in [1.54, 1.807) is 6.07 Å². The molecule has 0 spiro atoms. The van der Waals surface area contributed by atoms with Crippen molar-refractivity contribution in [1.29, 1.82) is 0 Å². The van der Waals surface area contributed by atoms with Crippen molar-refractivity contribution in [3.63, 3.8) is 0 Å². The predicted molar refractivity (Wildman–Crippen MR) is 68.7 cm³/mol. The second-order valence-corrected chi connectivity index (χ2v) is 5.42. The Bertz CT molecular complexity index is 641. The van der Waals surface area contributed by atoms with Gasteiger partial charge in [-0.05, 0) is 12.1 Å². The van der Waals surface area contributed by atoms with Crippen molar-refractivity contribution in [1.82, 2.24) is 9.97 Å². The Labute approximate surface area is 109 Å². The minimum Gasteiger partial charge on any atom is -0.398 e. The number of halogens is 1. The Balaban J connectivity index is 2.44. The highest BCUT2D eigenvalue weighted by Gasteiger charge is 2.21. The molecule has 0 radical (unpaired) electrons. The van der Waals surface area contributed by atoms with Gasteiger partial charge in [0.15, 0.2) is 0 Å². The summed E-state index contributed by atoms with van der Waals surface area (Å²) in [7, 11) is -3.86. The lowest BCUT2D eigenvalue weighted by Gasteiger charge is -2.10. The molecule has 1 aromatic heterocycles. The van der Waals surface area contributed by atoms with Crippen LogP contribution in [0.15, 0.2) is 41.8 Å². The van der Waals surface area contributed by atoms with Crippen molar-refractivity contribution >= 4 is 33.0 Å². The lowest BCUT2D eigenvalue weighted by atomic mass is 10.3. The van der Waals surface area contributed by atoms with Crippen LogP contribution < -0.4 is 10.5 Å². The molecule has 2 aromatic rings. The largest absolute Gasteiger partial charge is 0.398 e. The van der Waals surface area contributed by atoms with Crippen LogP contribution in [0.3, 0.4) is 0 Å². The second kappa shape index (κ2) is 4.79. The van der Waals surface area contributed by atoms with Crippen LogP contribution in [0.5, 0.6) is 0 Å². The fraction of sp³-hybridized carbons (Fsp3) is 0. The van der Waals surface area contributed by atoms with Crippen molar-refractivity contribution in [3.8, 4) is 0 Å². The van der Waals surface area contributed by atoms with Gasteiger partial charge in [-0.2, -0.15) is 0 Å². The molecule has 0 aliphatic rings. The number of aromatic nitrogens is 2. The number of anilines is 2. The van der Waals surface area contributed by atoms with Crippen molar-refractivity contribution in [2.45, 2.75) is 4.90 Å². The summed E-state index contributed by atoms with van der Waals surface area (Å²) < 4.78 is 26.5. The number of sulfonamides is 1. The molecule has 1 aromatic carbocycles. The SMILES string of the molecule is Nc1cccc(Cl)c1S(=O)(=O)Nc1cncnc1. The number of nitrogens with zero attached hydrogens (tertiary/aromatic N) is 2. The molecule has 0 saturated heterocycles. The Morgan fingerprint density at radius 1 is 1.22 bits per heavy atom. The molecular weight excluding hydrogens is 276 g/mol. The van der Waals surface area contributed by atoms with Gasteiger partial charge < -0.3 is 5.73 Å². The van der Waals surface area contributed by atoms with Gasteiger partial charge in [0, 0.05) is 0 Å². The van der Waals surface area contributed by atoms with Crippen LogP contribution in [0.2, 0.25) is 5.02 Å². The van der Waals surface area contributed by atoms with E-state index in [4.69, 9.17) is 17.3 Å². The zero-order valence-electron chi connectivity index (χ0n) is 9.04. The van der Waals surface area contributed by atoms with Crippen LogP contribution in [0.25, 0.3) is 0 Å². The van der Waals surface area contributed by atoms with Gasteiger partial charge in [0.05, 0.1) is 28.8 Å². The van der Waals surface area contributed by atoms with Gasteiger partial charge in [-0.3, -0.25) is 4.72 Å². The maximum absolute atomic E-state index is 12.1. The number of nitrogens with two attached hydrogens (primary N) is 1. The molecule has 0 amide bonds. The molecule has 0 atom stereocenters. The predicted octanol–water partition coefficient (Wildman–Crippen LogP) is 1.51. The van der Waals surface area contributed by atoms with Gasteiger partial charge in [0.25, 0.3) is 10.0 Å². The summed E-state index contributed by atoms with van der Waals surface area (Å²) in [5.41, 5.74) is 5.94. The molecule has 2 rings (SSSR count). The number of benzene rings is 1. The van der Waals surface area contributed by atoms with E-state index in [9.17, 15) is 8.42 Å². The summed E-state index contributed by atoms with van der Waals surface area (Å²) >= 11 is 5.85. The Hall–Kier alpha value is -1.86. The third-order valence-electron chi connectivity index (χ3n) is 2.08. The summed E-state index contributed by atoms with van der Waals surface area (Å²) in [6, 6.07) is 4.48. The highest BCUT2D eigenvalue weighted by Crippen LogP contribution is 2.28. The van der Waals surface area contributed by atoms with E-state index < -0.39 is 10.0 Å². The Morgan fingerprint density at radius 3 is 2.50 bits per heavy atom. The van der Waals surface area contributed by atoms with E-state index in [1.807, 2.05) is 0 Å². The van der Waals surface area contributed by atoms with E-state index in [0.29, 0.717) is 0 Å². The zero-order valence-corrected chi connectivity index (χ0v) is 10.6. The Morgan fingerprint density at radius 2 is 1.89 bits per heavy atom. The zero-order chi connectivity index (χ0) is 13.2. The molecule has 0 bridgehead atoms. The Kier molecular flexibility index (Phi) is 3.35. The first-order valence-corrected chi connectivity index (χ1v) is 6.68. The lowest BCUT2D eigenvalue weighted by Crippen LogP contribution is -2.15. The monoisotopic (exact) mass is 284 g/mol. The van der Waals surface area contributed by atoms with Crippen LogP contribution in [-0.4, -0.2) is 18.4 Å². The topological polar surface area (TPSA) is 98.0 Å². The number of hydrogen-bond acceptors (Lipinski definition) is 5. The number of hydrogen-bond donors (Lipinski definition) is 2. The van der Waals surface area contributed by atoms with Crippen molar-refractivity contribution < 1.29 is 8.42 Å². The molecule has 0 aliphatic heterocycles. The maximum Gasteiger partial charge on any atom is 0.265 e. The normalized spacial score (nSPS) is 11.2. The van der Waals surface area contributed by atoms with E-state index in [-0.39, 0.29) is 21.3 Å². The van der Waals surface area contributed by atoms with E-state index in [2.05, 4.69) is 14.7 Å². The third-order valence-corrected chi connectivity index (χ3v) is 4.00. The first-order valence-electron chi connectivity index (χ1n) is 4.82. The van der Waals surface area contributed by atoms with Crippen LogP contribution in [0.4, 0.5) is 11.4 Å². The quantitative estimate of drug-likeness (QED) is 0.833. The molecule has 8 heteroatoms. The molecule has 6 nitrogen and oxygen atoms in total. The van der Waals surface area contributed by atoms with Crippen LogP contribution >= 0.6 is 11.6 Å². The van der Waals surface area contributed by atoms with Gasteiger partial charge >= 0.3 is 0 Å². The molecule has 3 N–H and O–H groups in total. The van der Waals surface area contributed by atoms with E-state index >= 15 is 0 Å². The van der Waals surface area contributed by atoms with Crippen molar-refractivity contribution in [2.75, 3.05) is 10.5 Å². The first kappa shape index (κ1) is 12.6. The van der Waals surface area contributed by atoms with Crippen molar-refractivity contribution in [2.24, 2.45) is 0 Å². The average Bonchev–Trinajstić information content (AvgIpc) is 2.28. The highest BCUT2D eigenvalue weighted by atomic mass is 35.5. The number of rotatable bonds is 3. The molecule has 0 unspecified atom stereocenters. The fourth-order valence-corrected chi connectivity index (χ4v) is 3.07. The van der Waals surface area contributed by atoms with E-state index in [0.717, 1.165) is 0 Å². The van der Waals surface area contributed by atoms with Crippen LogP contribution in [-0.2, 0) is 10.0 Å². The summed E-state index contributed by atoms with van der Waals surface area (Å²) in [6.07, 6.45) is 3.96. The van der Waals surface area contributed by atoms with Gasteiger partial charge in [-0.15, -0.1) is 0 Å². The van der Waals surface area contributed by atoms with Gasteiger partial charge in [-0.1, -0.05) is 17.7 Å². The van der Waals surface area contributed by atoms with Gasteiger partial charge in [0.2, 0.25) is 0 Å². The molecule has 0 fully saturated rings. The van der Waals surface area contributed by atoms with E-state index in [1.165, 1.54) is 30.9 Å². The maximum atomic E-state index is 12.1. The minimum atomic E-state index is -3.86. The summed E-state index contributed by atoms with van der Waals surface area (Å²) in [5, 5.41) is 0.0550. The highest BCUT2D eigenvalue weighted by molar-refractivity contribution is 7.93. The van der Waals surface area contributed by atoms with Crippen LogP contribution in [0, 0.1) is 0 Å².